The van der Waals surface area contributed by atoms with E-state index >= 15 is 0 Å². The molecule has 0 saturated carbocycles. The Kier molecular flexibility index (Phi) is 4.94. The smallest absolute Gasteiger partial charge is 0.0204 e. The lowest BCUT2D eigenvalue weighted by molar-refractivity contribution is 0.194. The zero-order chi connectivity index (χ0) is 10.4. The summed E-state index contributed by atoms with van der Waals surface area (Å²) in [4.78, 5) is 0. The van der Waals surface area contributed by atoms with Crippen LogP contribution in [0.15, 0.2) is 0 Å². The molecule has 1 aliphatic rings. The van der Waals surface area contributed by atoms with Crippen LogP contribution in [0.4, 0.5) is 0 Å². The van der Waals surface area contributed by atoms with Crippen LogP contribution in [0.25, 0.3) is 0 Å². The Morgan fingerprint density at radius 2 is 2.00 bits per heavy atom. The number of nitrogens with one attached hydrogen (secondary N) is 1. The van der Waals surface area contributed by atoms with E-state index in [1.807, 2.05) is 0 Å². The van der Waals surface area contributed by atoms with Crippen LogP contribution < -0.4 is 5.32 Å². The normalized spacial score (nSPS) is 31.1. The highest BCUT2D eigenvalue weighted by Gasteiger charge is 2.33. The zero-order valence-electron chi connectivity index (χ0n) is 10.2. The van der Waals surface area contributed by atoms with Crippen LogP contribution in [0, 0.1) is 5.92 Å². The van der Waals surface area contributed by atoms with Gasteiger partial charge in [0, 0.05) is 5.54 Å². The number of rotatable bonds is 4. The van der Waals surface area contributed by atoms with E-state index in [2.05, 4.69) is 26.1 Å². The van der Waals surface area contributed by atoms with E-state index < -0.39 is 0 Å². The molecule has 1 heteroatoms. The Labute approximate surface area is 89.7 Å². The fourth-order valence-electron chi connectivity index (χ4n) is 2.95. The Hall–Kier alpha value is -0.0400. The molecule has 84 valence electrons. The molecule has 14 heavy (non-hydrogen) atoms. The Bertz CT molecular complexity index is 145. The first-order chi connectivity index (χ1) is 6.75. The van der Waals surface area contributed by atoms with Crippen molar-refractivity contribution >= 4 is 0 Å². The molecule has 0 amide bonds. The lowest BCUT2D eigenvalue weighted by Crippen LogP contribution is -2.49. The molecular formula is C13H27N. The summed E-state index contributed by atoms with van der Waals surface area (Å²) in [5.74, 6) is 0.843. The fourth-order valence-corrected chi connectivity index (χ4v) is 2.95. The van der Waals surface area contributed by atoms with Crippen LogP contribution >= 0.6 is 0 Å². The predicted molar refractivity (Wildman–Crippen MR) is 63.6 cm³/mol. The van der Waals surface area contributed by atoms with Crippen molar-refractivity contribution in [2.24, 2.45) is 5.92 Å². The van der Waals surface area contributed by atoms with Crippen LogP contribution in [-0.2, 0) is 0 Å². The van der Waals surface area contributed by atoms with Gasteiger partial charge in [-0.15, -0.1) is 0 Å². The van der Waals surface area contributed by atoms with Crippen LogP contribution in [0.5, 0.6) is 0 Å². The first-order valence-corrected chi connectivity index (χ1v) is 6.50. The molecule has 0 aromatic heterocycles. The van der Waals surface area contributed by atoms with E-state index in [-0.39, 0.29) is 0 Å². The van der Waals surface area contributed by atoms with E-state index in [1.165, 1.54) is 51.5 Å². The van der Waals surface area contributed by atoms with Crippen molar-refractivity contribution in [1.82, 2.24) is 5.32 Å². The molecule has 2 atom stereocenters. The van der Waals surface area contributed by atoms with Gasteiger partial charge >= 0.3 is 0 Å². The van der Waals surface area contributed by atoms with Gasteiger partial charge < -0.3 is 5.32 Å². The van der Waals surface area contributed by atoms with Crippen LogP contribution in [0.1, 0.15) is 65.7 Å². The average molecular weight is 197 g/mol. The topological polar surface area (TPSA) is 12.0 Å². The summed E-state index contributed by atoms with van der Waals surface area (Å²) in [6, 6.07) is 0. The van der Waals surface area contributed by atoms with Crippen molar-refractivity contribution < 1.29 is 0 Å². The molecule has 1 aliphatic heterocycles. The minimum absolute atomic E-state index is 0.465. The summed E-state index contributed by atoms with van der Waals surface area (Å²) in [5.41, 5.74) is 0.465. The van der Waals surface area contributed by atoms with Crippen LogP contribution in [0.3, 0.4) is 0 Å². The van der Waals surface area contributed by atoms with Crippen molar-refractivity contribution in [3.8, 4) is 0 Å². The van der Waals surface area contributed by atoms with Crippen molar-refractivity contribution in [2.45, 2.75) is 71.3 Å². The first kappa shape index (κ1) is 12.0. The van der Waals surface area contributed by atoms with Crippen molar-refractivity contribution in [3.05, 3.63) is 0 Å². The van der Waals surface area contributed by atoms with Gasteiger partial charge in [-0.2, -0.15) is 0 Å². The lowest BCUT2D eigenvalue weighted by Gasteiger charge is -2.39. The Morgan fingerprint density at radius 3 is 2.64 bits per heavy atom. The SMILES string of the molecule is CCCC(C)C1(CC)CCCCCN1. The highest BCUT2D eigenvalue weighted by Crippen LogP contribution is 2.32. The average Bonchev–Trinajstić information content (AvgIpc) is 2.44. The number of hydrogen-bond acceptors (Lipinski definition) is 1. The largest absolute Gasteiger partial charge is 0.311 e. The molecule has 1 N–H and O–H groups in total. The Morgan fingerprint density at radius 1 is 1.21 bits per heavy atom. The van der Waals surface area contributed by atoms with Gasteiger partial charge in [-0.05, 0) is 38.1 Å². The molecule has 2 unspecified atom stereocenters. The van der Waals surface area contributed by atoms with Gasteiger partial charge in [0.2, 0.25) is 0 Å². The molecule has 0 aromatic rings. The van der Waals surface area contributed by atoms with E-state index in [9.17, 15) is 0 Å². The molecule has 0 radical (unpaired) electrons. The maximum absolute atomic E-state index is 3.83. The third-order valence-corrected chi connectivity index (χ3v) is 4.07. The first-order valence-electron chi connectivity index (χ1n) is 6.50. The van der Waals surface area contributed by atoms with Gasteiger partial charge in [0.1, 0.15) is 0 Å². The van der Waals surface area contributed by atoms with Gasteiger partial charge in [0.25, 0.3) is 0 Å². The van der Waals surface area contributed by atoms with Gasteiger partial charge in [0.05, 0.1) is 0 Å². The summed E-state index contributed by atoms with van der Waals surface area (Å²) in [6.45, 7) is 8.33. The lowest BCUT2D eigenvalue weighted by atomic mass is 9.77. The third kappa shape index (κ3) is 2.73. The van der Waals surface area contributed by atoms with E-state index in [1.54, 1.807) is 0 Å². The second kappa shape index (κ2) is 5.75. The van der Waals surface area contributed by atoms with E-state index in [0.717, 1.165) is 5.92 Å². The molecule has 0 aliphatic carbocycles. The maximum Gasteiger partial charge on any atom is 0.0204 e. The molecule has 0 spiro atoms. The van der Waals surface area contributed by atoms with E-state index in [4.69, 9.17) is 0 Å². The minimum atomic E-state index is 0.465. The quantitative estimate of drug-likeness (QED) is 0.724. The molecule has 1 heterocycles. The highest BCUT2D eigenvalue weighted by molar-refractivity contribution is 4.92. The fraction of sp³-hybridized carbons (Fsp3) is 1.00. The highest BCUT2D eigenvalue weighted by atomic mass is 15.0. The van der Waals surface area contributed by atoms with Crippen molar-refractivity contribution in [2.75, 3.05) is 6.54 Å². The summed E-state index contributed by atoms with van der Waals surface area (Å²) in [5, 5.41) is 3.83. The van der Waals surface area contributed by atoms with E-state index in [0.29, 0.717) is 5.54 Å². The summed E-state index contributed by atoms with van der Waals surface area (Å²) in [7, 11) is 0. The third-order valence-electron chi connectivity index (χ3n) is 4.07. The zero-order valence-corrected chi connectivity index (χ0v) is 10.2. The predicted octanol–water partition coefficient (Wildman–Crippen LogP) is 3.74. The molecule has 0 aromatic carbocycles. The maximum atomic E-state index is 3.83. The summed E-state index contributed by atoms with van der Waals surface area (Å²) >= 11 is 0. The van der Waals surface area contributed by atoms with Gasteiger partial charge in [-0.1, -0.05) is 40.0 Å². The van der Waals surface area contributed by atoms with Gasteiger partial charge in [-0.3, -0.25) is 0 Å². The summed E-state index contributed by atoms with van der Waals surface area (Å²) < 4.78 is 0. The molecule has 1 nitrogen and oxygen atoms in total. The van der Waals surface area contributed by atoms with Crippen molar-refractivity contribution in [1.29, 1.82) is 0 Å². The molecule has 0 bridgehead atoms. The monoisotopic (exact) mass is 197 g/mol. The Balaban J connectivity index is 2.61. The molecule has 1 fully saturated rings. The van der Waals surface area contributed by atoms with Gasteiger partial charge in [0.15, 0.2) is 0 Å². The summed E-state index contributed by atoms with van der Waals surface area (Å²) in [6.07, 6.45) is 9.62. The standard InChI is InChI=1S/C13H27N/c1-4-9-12(3)13(5-2)10-7-6-8-11-14-13/h12,14H,4-11H2,1-3H3. The molecule has 1 saturated heterocycles. The van der Waals surface area contributed by atoms with Gasteiger partial charge in [-0.25, -0.2) is 0 Å². The minimum Gasteiger partial charge on any atom is -0.311 e. The second-order valence-corrected chi connectivity index (χ2v) is 4.94. The molecular weight excluding hydrogens is 170 g/mol. The van der Waals surface area contributed by atoms with Crippen LogP contribution in [0.2, 0.25) is 0 Å². The number of hydrogen-bond donors (Lipinski definition) is 1. The second-order valence-electron chi connectivity index (χ2n) is 4.94. The van der Waals surface area contributed by atoms with Crippen molar-refractivity contribution in [3.63, 3.8) is 0 Å². The molecule has 1 rings (SSSR count). The van der Waals surface area contributed by atoms with Crippen LogP contribution in [-0.4, -0.2) is 12.1 Å².